The third-order valence-corrected chi connectivity index (χ3v) is 6.98. The summed E-state index contributed by atoms with van der Waals surface area (Å²) in [5, 5.41) is 0.642. The van der Waals surface area contributed by atoms with Crippen LogP contribution in [0.15, 0.2) is 24.3 Å². The van der Waals surface area contributed by atoms with Crippen LogP contribution in [0.25, 0.3) is 0 Å². The average Bonchev–Trinajstić information content (AvgIpc) is 2.77. The van der Waals surface area contributed by atoms with Gasteiger partial charge in [0.15, 0.2) is 0 Å². The van der Waals surface area contributed by atoms with Crippen LogP contribution in [0.5, 0.6) is 0 Å². The normalized spacial score (nSPS) is 34.2. The van der Waals surface area contributed by atoms with Gasteiger partial charge in [0.05, 0.1) is 0 Å². The minimum Gasteiger partial charge on any atom is -0.338 e. The Morgan fingerprint density at radius 3 is 2.46 bits per heavy atom. The van der Waals surface area contributed by atoms with Crippen LogP contribution in [0, 0.1) is 23.2 Å². The number of amides is 1. The Labute approximate surface area is 150 Å². The Morgan fingerprint density at radius 2 is 1.83 bits per heavy atom. The first kappa shape index (κ1) is 16.4. The zero-order valence-corrected chi connectivity index (χ0v) is 15.4. The van der Waals surface area contributed by atoms with E-state index in [1.54, 1.807) is 6.07 Å². The van der Waals surface area contributed by atoms with E-state index in [0.29, 0.717) is 10.4 Å². The summed E-state index contributed by atoms with van der Waals surface area (Å²) < 4.78 is 0. The predicted molar refractivity (Wildman–Crippen MR) is 98.3 cm³/mol. The lowest BCUT2D eigenvalue weighted by Gasteiger charge is -2.50. The summed E-state index contributed by atoms with van der Waals surface area (Å²) in [6.45, 7) is 3.84. The molecule has 4 bridgehead atoms. The van der Waals surface area contributed by atoms with Crippen molar-refractivity contribution >= 4 is 17.5 Å². The molecule has 4 fully saturated rings. The number of carbonyl (C=O) groups excluding carboxylic acids is 1. The molecule has 0 radical (unpaired) electrons. The number of hydrogen-bond donors (Lipinski definition) is 0. The smallest absolute Gasteiger partial charge is 0.253 e. The van der Waals surface area contributed by atoms with Crippen molar-refractivity contribution in [3.63, 3.8) is 0 Å². The molecule has 4 aliphatic rings. The lowest BCUT2D eigenvalue weighted by Crippen LogP contribution is -2.47. The second kappa shape index (κ2) is 6.37. The molecular weight excluding hydrogens is 318 g/mol. The quantitative estimate of drug-likeness (QED) is 0.714. The summed E-state index contributed by atoms with van der Waals surface area (Å²) >= 11 is 6.09. The van der Waals surface area contributed by atoms with Crippen molar-refractivity contribution in [2.45, 2.75) is 51.9 Å². The van der Waals surface area contributed by atoms with Gasteiger partial charge in [0.2, 0.25) is 0 Å². The van der Waals surface area contributed by atoms with E-state index in [-0.39, 0.29) is 5.91 Å². The second-order valence-corrected chi connectivity index (χ2v) is 9.03. The summed E-state index contributed by atoms with van der Waals surface area (Å²) in [5.41, 5.74) is 1.11. The number of rotatable bonds is 4. The van der Waals surface area contributed by atoms with Crippen molar-refractivity contribution in [2.75, 3.05) is 13.1 Å². The summed E-state index contributed by atoms with van der Waals surface area (Å²) in [4.78, 5) is 15.1. The highest BCUT2D eigenvalue weighted by molar-refractivity contribution is 6.30. The highest BCUT2D eigenvalue weighted by atomic mass is 35.5. The van der Waals surface area contributed by atoms with Gasteiger partial charge in [-0.05, 0) is 80.4 Å². The molecule has 2 nitrogen and oxygen atoms in total. The Balaban J connectivity index is 1.55. The number of benzene rings is 1. The Kier molecular flexibility index (Phi) is 4.36. The molecule has 24 heavy (non-hydrogen) atoms. The van der Waals surface area contributed by atoms with Gasteiger partial charge < -0.3 is 4.90 Å². The van der Waals surface area contributed by atoms with Crippen molar-refractivity contribution in [1.29, 1.82) is 0 Å². The molecule has 0 unspecified atom stereocenters. The molecule has 1 amide bonds. The van der Waals surface area contributed by atoms with E-state index in [4.69, 9.17) is 11.6 Å². The van der Waals surface area contributed by atoms with Gasteiger partial charge in [0.1, 0.15) is 0 Å². The fourth-order valence-corrected chi connectivity index (χ4v) is 6.29. The van der Waals surface area contributed by atoms with E-state index in [9.17, 15) is 4.79 Å². The number of fused-ring (bicyclic) bond motifs is 1. The van der Waals surface area contributed by atoms with Crippen LogP contribution in [0.2, 0.25) is 5.02 Å². The van der Waals surface area contributed by atoms with Crippen LogP contribution in [0.4, 0.5) is 0 Å². The van der Waals surface area contributed by atoms with Crippen molar-refractivity contribution in [1.82, 2.24) is 4.90 Å². The maximum Gasteiger partial charge on any atom is 0.253 e. The predicted octanol–water partition coefficient (Wildman–Crippen LogP) is 5.41. The summed E-state index contributed by atoms with van der Waals surface area (Å²) in [6.07, 6.45) is 9.80. The molecule has 2 atom stereocenters. The SMILES string of the molecule is CCN(CC12CC3C[C@@H](CC[C@H](C3)C1)C2)C(=O)c1cccc(Cl)c1. The van der Waals surface area contributed by atoms with Crippen molar-refractivity contribution in [2.24, 2.45) is 23.2 Å². The van der Waals surface area contributed by atoms with E-state index in [1.807, 2.05) is 18.2 Å². The second-order valence-electron chi connectivity index (χ2n) is 8.59. The van der Waals surface area contributed by atoms with Gasteiger partial charge in [0, 0.05) is 23.7 Å². The fourth-order valence-electron chi connectivity index (χ4n) is 6.10. The number of nitrogens with zero attached hydrogens (tertiary/aromatic N) is 1. The molecule has 0 spiro atoms. The van der Waals surface area contributed by atoms with Gasteiger partial charge in [-0.3, -0.25) is 4.79 Å². The number of halogens is 1. The van der Waals surface area contributed by atoms with E-state index in [0.717, 1.165) is 36.4 Å². The highest BCUT2D eigenvalue weighted by Crippen LogP contribution is 2.57. The Morgan fingerprint density at radius 1 is 1.17 bits per heavy atom. The lowest BCUT2D eigenvalue weighted by molar-refractivity contribution is 0.00573. The number of carbonyl (C=O) groups is 1. The summed E-state index contributed by atoms with van der Waals surface area (Å²) in [5.74, 6) is 2.90. The third-order valence-electron chi connectivity index (χ3n) is 6.75. The summed E-state index contributed by atoms with van der Waals surface area (Å²) in [7, 11) is 0. The van der Waals surface area contributed by atoms with Gasteiger partial charge in [-0.2, -0.15) is 0 Å². The summed E-state index contributed by atoms with van der Waals surface area (Å²) in [6, 6.07) is 7.40. The topological polar surface area (TPSA) is 20.3 Å². The van der Waals surface area contributed by atoms with Gasteiger partial charge >= 0.3 is 0 Å². The van der Waals surface area contributed by atoms with Crippen LogP contribution in [0.1, 0.15) is 62.2 Å². The molecule has 0 saturated heterocycles. The van der Waals surface area contributed by atoms with Crippen LogP contribution in [0.3, 0.4) is 0 Å². The molecular formula is C21H28ClNO. The first-order valence-corrected chi connectivity index (χ1v) is 9.99. The van der Waals surface area contributed by atoms with Gasteiger partial charge in [0.25, 0.3) is 5.91 Å². The molecule has 4 saturated carbocycles. The maximum atomic E-state index is 13.0. The molecule has 1 aromatic rings. The Hall–Kier alpha value is -1.02. The van der Waals surface area contributed by atoms with Crippen molar-refractivity contribution < 1.29 is 4.79 Å². The van der Waals surface area contributed by atoms with E-state index in [2.05, 4.69) is 11.8 Å². The van der Waals surface area contributed by atoms with Crippen molar-refractivity contribution in [3.8, 4) is 0 Å². The van der Waals surface area contributed by atoms with Crippen LogP contribution >= 0.6 is 11.6 Å². The molecule has 0 heterocycles. The minimum absolute atomic E-state index is 0.148. The zero-order valence-electron chi connectivity index (χ0n) is 14.6. The van der Waals surface area contributed by atoms with Crippen LogP contribution < -0.4 is 0 Å². The zero-order chi connectivity index (χ0) is 16.7. The average molecular weight is 346 g/mol. The molecule has 5 rings (SSSR count). The Bertz CT molecular complexity index is 612. The highest BCUT2D eigenvalue weighted by Gasteiger charge is 2.49. The van der Waals surface area contributed by atoms with Gasteiger partial charge in [-0.25, -0.2) is 0 Å². The fraction of sp³-hybridized carbons (Fsp3) is 0.667. The lowest BCUT2D eigenvalue weighted by atomic mass is 9.58. The molecule has 130 valence electrons. The monoisotopic (exact) mass is 345 g/mol. The molecule has 0 aromatic heterocycles. The van der Waals surface area contributed by atoms with Crippen LogP contribution in [-0.2, 0) is 0 Å². The van der Waals surface area contributed by atoms with Gasteiger partial charge in [-0.15, -0.1) is 0 Å². The van der Waals surface area contributed by atoms with Gasteiger partial charge in [-0.1, -0.05) is 30.5 Å². The largest absolute Gasteiger partial charge is 0.338 e. The van der Waals surface area contributed by atoms with E-state index >= 15 is 0 Å². The molecule has 3 heteroatoms. The molecule has 1 aromatic carbocycles. The van der Waals surface area contributed by atoms with E-state index in [1.165, 1.54) is 44.9 Å². The molecule has 0 aliphatic heterocycles. The third kappa shape index (κ3) is 3.10. The molecule has 0 N–H and O–H groups in total. The maximum absolute atomic E-state index is 13.0. The molecule has 4 aliphatic carbocycles. The van der Waals surface area contributed by atoms with Crippen LogP contribution in [-0.4, -0.2) is 23.9 Å². The first-order chi connectivity index (χ1) is 11.6. The van der Waals surface area contributed by atoms with Crippen molar-refractivity contribution in [3.05, 3.63) is 34.9 Å². The minimum atomic E-state index is 0.148. The first-order valence-electron chi connectivity index (χ1n) is 9.62. The standard InChI is InChI=1S/C21H28ClNO/c1-2-23(20(24)18-4-3-5-19(22)10-18)14-21-11-15-6-7-16(12-21)9-17(8-15)13-21/h3-5,10,15-17H,2,6-9,11-14H2,1H3/t15-,16-,17?,21?/m1/s1. The number of hydrogen-bond acceptors (Lipinski definition) is 1. The van der Waals surface area contributed by atoms with E-state index < -0.39 is 0 Å².